The van der Waals surface area contributed by atoms with Gasteiger partial charge in [-0.2, -0.15) is 0 Å². The fourth-order valence-electron chi connectivity index (χ4n) is 2.76. The number of esters is 1. The number of hydrogen-bond acceptors (Lipinski definition) is 2. The minimum absolute atomic E-state index is 0.0786. The highest BCUT2D eigenvalue weighted by Gasteiger charge is 2.24. The van der Waals surface area contributed by atoms with Gasteiger partial charge in [0.15, 0.2) is 0 Å². The van der Waals surface area contributed by atoms with Crippen LogP contribution in [0.3, 0.4) is 0 Å². The predicted octanol–water partition coefficient (Wildman–Crippen LogP) is 4.95. The van der Waals surface area contributed by atoms with Crippen molar-refractivity contribution in [1.82, 2.24) is 0 Å². The molecule has 2 heteroatoms. The zero-order chi connectivity index (χ0) is 15.2. The summed E-state index contributed by atoms with van der Waals surface area (Å²) in [6.45, 7) is 0. The lowest BCUT2D eigenvalue weighted by molar-refractivity contribution is -0.138. The summed E-state index contributed by atoms with van der Waals surface area (Å²) in [7, 11) is 0. The number of carbonyl (C=O) groups excluding carboxylic acids is 1. The van der Waals surface area contributed by atoms with Crippen LogP contribution < -0.4 is 4.74 Å². The molecule has 0 aromatic heterocycles. The summed E-state index contributed by atoms with van der Waals surface area (Å²) in [5.74, 6) is 0.650. The van der Waals surface area contributed by atoms with Crippen LogP contribution in [0.4, 0.5) is 0 Å². The molecule has 0 heterocycles. The number of rotatable bonds is 4. The van der Waals surface area contributed by atoms with Crippen molar-refractivity contribution in [2.45, 2.75) is 25.7 Å². The molecule has 0 atom stereocenters. The quantitative estimate of drug-likeness (QED) is 0.452. The largest absolute Gasteiger partial charge is 0.426 e. The Labute approximate surface area is 131 Å². The third-order valence-electron chi connectivity index (χ3n) is 4.05. The molecule has 0 saturated heterocycles. The maximum Gasteiger partial charge on any atom is 0.314 e. The fraction of sp³-hybridized carbons (Fsp3) is 0.250. The molecule has 0 amide bonds. The summed E-state index contributed by atoms with van der Waals surface area (Å²) in [6.07, 6.45) is 8.34. The Morgan fingerprint density at radius 2 is 1.45 bits per heavy atom. The van der Waals surface area contributed by atoms with Gasteiger partial charge in [0.1, 0.15) is 5.75 Å². The minimum atomic E-state index is -0.0786. The first-order chi connectivity index (χ1) is 10.8. The van der Waals surface area contributed by atoms with Crippen LogP contribution in [0.2, 0.25) is 0 Å². The summed E-state index contributed by atoms with van der Waals surface area (Å²) >= 11 is 0. The number of ether oxygens (including phenoxy) is 1. The zero-order valence-corrected chi connectivity index (χ0v) is 12.6. The lowest BCUT2D eigenvalue weighted by atomic mass is 10.1. The van der Waals surface area contributed by atoms with Gasteiger partial charge in [0.2, 0.25) is 0 Å². The molecular weight excluding hydrogens is 272 g/mol. The molecule has 0 unspecified atom stereocenters. The molecule has 22 heavy (non-hydrogen) atoms. The third-order valence-corrected chi connectivity index (χ3v) is 4.05. The predicted molar refractivity (Wildman–Crippen MR) is 89.4 cm³/mol. The highest BCUT2D eigenvalue weighted by Crippen LogP contribution is 2.26. The van der Waals surface area contributed by atoms with Gasteiger partial charge in [-0.25, -0.2) is 0 Å². The second-order valence-electron chi connectivity index (χ2n) is 5.72. The smallest absolute Gasteiger partial charge is 0.314 e. The summed E-state index contributed by atoms with van der Waals surface area (Å²) in [5, 5.41) is 0. The van der Waals surface area contributed by atoms with E-state index in [0.29, 0.717) is 5.75 Å². The van der Waals surface area contributed by atoms with Crippen LogP contribution in [-0.4, -0.2) is 5.97 Å². The molecule has 0 spiro atoms. The first kappa shape index (κ1) is 14.6. The average Bonchev–Trinajstić information content (AvgIpc) is 3.10. The summed E-state index contributed by atoms with van der Waals surface area (Å²) < 4.78 is 5.45. The van der Waals surface area contributed by atoms with Gasteiger partial charge in [0.05, 0.1) is 5.92 Å². The molecule has 1 saturated carbocycles. The van der Waals surface area contributed by atoms with E-state index in [0.717, 1.165) is 31.2 Å². The van der Waals surface area contributed by atoms with E-state index in [2.05, 4.69) is 24.3 Å². The third kappa shape index (κ3) is 3.85. The van der Waals surface area contributed by atoms with E-state index in [-0.39, 0.29) is 11.9 Å². The van der Waals surface area contributed by atoms with Gasteiger partial charge >= 0.3 is 5.97 Å². The summed E-state index contributed by atoms with van der Waals surface area (Å²) in [5.41, 5.74) is 2.25. The van der Waals surface area contributed by atoms with Crippen LogP contribution in [0.5, 0.6) is 5.75 Å². The van der Waals surface area contributed by atoms with E-state index in [1.54, 1.807) is 0 Å². The van der Waals surface area contributed by atoms with Crippen molar-refractivity contribution < 1.29 is 9.53 Å². The van der Waals surface area contributed by atoms with Crippen molar-refractivity contribution in [3.05, 3.63) is 65.7 Å². The van der Waals surface area contributed by atoms with Crippen LogP contribution in [0.25, 0.3) is 12.2 Å². The van der Waals surface area contributed by atoms with Crippen molar-refractivity contribution in [1.29, 1.82) is 0 Å². The molecule has 2 nitrogen and oxygen atoms in total. The molecule has 1 aliphatic carbocycles. The lowest BCUT2D eigenvalue weighted by Gasteiger charge is -2.09. The second-order valence-corrected chi connectivity index (χ2v) is 5.72. The van der Waals surface area contributed by atoms with Crippen molar-refractivity contribution >= 4 is 18.1 Å². The first-order valence-corrected chi connectivity index (χ1v) is 7.86. The Balaban J connectivity index is 1.60. The number of hydrogen-bond donors (Lipinski definition) is 0. The normalized spacial score (nSPS) is 15.3. The molecule has 0 N–H and O–H groups in total. The molecular formula is C20H20O2. The molecule has 112 valence electrons. The molecule has 1 aliphatic rings. The highest BCUT2D eigenvalue weighted by molar-refractivity contribution is 5.75. The van der Waals surface area contributed by atoms with Crippen molar-refractivity contribution in [2.75, 3.05) is 0 Å². The van der Waals surface area contributed by atoms with Gasteiger partial charge in [-0.1, -0.05) is 67.5 Å². The van der Waals surface area contributed by atoms with Crippen LogP contribution in [0, 0.1) is 5.92 Å². The molecule has 2 aromatic carbocycles. The zero-order valence-electron chi connectivity index (χ0n) is 12.6. The molecule has 2 aromatic rings. The average molecular weight is 292 g/mol. The van der Waals surface area contributed by atoms with Crippen molar-refractivity contribution in [3.8, 4) is 5.75 Å². The summed E-state index contributed by atoms with van der Waals surface area (Å²) in [4.78, 5) is 12.0. The van der Waals surface area contributed by atoms with Crippen LogP contribution in [-0.2, 0) is 4.79 Å². The first-order valence-electron chi connectivity index (χ1n) is 7.86. The van der Waals surface area contributed by atoms with Crippen molar-refractivity contribution in [3.63, 3.8) is 0 Å². The van der Waals surface area contributed by atoms with Crippen LogP contribution in [0.1, 0.15) is 36.8 Å². The van der Waals surface area contributed by atoms with Gasteiger partial charge in [-0.15, -0.1) is 0 Å². The van der Waals surface area contributed by atoms with Gasteiger partial charge in [0, 0.05) is 0 Å². The highest BCUT2D eigenvalue weighted by atomic mass is 16.5. The Bertz CT molecular complexity index is 635. The van der Waals surface area contributed by atoms with Gasteiger partial charge in [0.25, 0.3) is 0 Å². The van der Waals surface area contributed by atoms with Crippen LogP contribution >= 0.6 is 0 Å². The van der Waals surface area contributed by atoms with Crippen molar-refractivity contribution in [2.24, 2.45) is 5.92 Å². The molecule has 0 radical (unpaired) electrons. The Morgan fingerprint density at radius 3 is 2.09 bits per heavy atom. The molecule has 0 bridgehead atoms. The topological polar surface area (TPSA) is 26.3 Å². The Morgan fingerprint density at radius 1 is 0.864 bits per heavy atom. The van der Waals surface area contributed by atoms with E-state index in [4.69, 9.17) is 4.74 Å². The number of benzene rings is 2. The number of carbonyl (C=O) groups is 1. The standard InChI is InChI=1S/C20H20O2/c21-20(18-8-4-5-9-18)22-19-14-12-17(13-15-19)11-10-16-6-2-1-3-7-16/h1-3,6-7,10-15,18H,4-5,8-9H2/b11-10+. The maximum atomic E-state index is 12.0. The van der Waals surface area contributed by atoms with Crippen LogP contribution in [0.15, 0.2) is 54.6 Å². The monoisotopic (exact) mass is 292 g/mol. The van der Waals surface area contributed by atoms with Gasteiger partial charge in [-0.3, -0.25) is 4.79 Å². The maximum absolute atomic E-state index is 12.0. The minimum Gasteiger partial charge on any atom is -0.426 e. The van der Waals surface area contributed by atoms with E-state index in [1.165, 1.54) is 5.56 Å². The lowest BCUT2D eigenvalue weighted by Crippen LogP contribution is -2.17. The van der Waals surface area contributed by atoms with Gasteiger partial charge in [-0.05, 0) is 36.1 Å². The molecule has 3 rings (SSSR count). The fourth-order valence-corrected chi connectivity index (χ4v) is 2.76. The van der Waals surface area contributed by atoms with E-state index >= 15 is 0 Å². The van der Waals surface area contributed by atoms with E-state index in [1.807, 2.05) is 42.5 Å². The SMILES string of the molecule is O=C(Oc1ccc(/C=C/c2ccccc2)cc1)C1CCCC1. The second kappa shape index (κ2) is 7.08. The van der Waals surface area contributed by atoms with E-state index in [9.17, 15) is 4.79 Å². The Hall–Kier alpha value is -2.35. The van der Waals surface area contributed by atoms with E-state index < -0.39 is 0 Å². The molecule has 0 aliphatic heterocycles. The summed E-state index contributed by atoms with van der Waals surface area (Å²) in [6, 6.07) is 17.8. The molecule has 1 fully saturated rings. The van der Waals surface area contributed by atoms with Gasteiger partial charge < -0.3 is 4.74 Å². The Kier molecular flexibility index (Phi) is 4.69.